The lowest BCUT2D eigenvalue weighted by atomic mass is 9.88. The van der Waals surface area contributed by atoms with Crippen LogP contribution in [0.15, 0.2) is 4.52 Å². The largest absolute Gasteiger partial charge is 0.338 e. The number of nitrogens with one attached hydrogen (secondary N) is 1. The number of fused-ring (bicyclic) bond motifs is 2. The van der Waals surface area contributed by atoms with Crippen molar-refractivity contribution in [3.8, 4) is 0 Å². The van der Waals surface area contributed by atoms with Crippen LogP contribution in [0.5, 0.6) is 0 Å². The van der Waals surface area contributed by atoms with Gasteiger partial charge in [0.2, 0.25) is 5.89 Å². The summed E-state index contributed by atoms with van der Waals surface area (Å²) in [6.07, 6.45) is 5.46. The van der Waals surface area contributed by atoms with Crippen LogP contribution in [0.1, 0.15) is 43.3 Å². The lowest BCUT2D eigenvalue weighted by Gasteiger charge is -2.17. The topological polar surface area (TPSA) is 51.0 Å². The van der Waals surface area contributed by atoms with Crippen molar-refractivity contribution in [3.05, 3.63) is 11.7 Å². The summed E-state index contributed by atoms with van der Waals surface area (Å²) in [5, 5.41) is 7.14. The highest BCUT2D eigenvalue weighted by atomic mass is 16.5. The molecular weight excluding hydrogens is 190 g/mol. The molecule has 1 aromatic rings. The number of rotatable bonds is 3. The van der Waals surface area contributed by atoms with Gasteiger partial charge < -0.3 is 9.84 Å². The van der Waals surface area contributed by atoms with Gasteiger partial charge in [-0.05, 0) is 38.1 Å². The molecule has 2 saturated carbocycles. The predicted molar refractivity (Wildman–Crippen MR) is 55.3 cm³/mol. The van der Waals surface area contributed by atoms with Gasteiger partial charge in [-0.1, -0.05) is 11.6 Å². The summed E-state index contributed by atoms with van der Waals surface area (Å²) in [6.45, 7) is 0.674. The van der Waals surface area contributed by atoms with E-state index in [4.69, 9.17) is 4.52 Å². The van der Waals surface area contributed by atoms with Gasteiger partial charge in [0.25, 0.3) is 0 Å². The molecular formula is C11H17N3O. The Morgan fingerprint density at radius 2 is 2.33 bits per heavy atom. The van der Waals surface area contributed by atoms with Crippen molar-refractivity contribution in [2.75, 3.05) is 7.05 Å². The molecule has 0 radical (unpaired) electrons. The van der Waals surface area contributed by atoms with Gasteiger partial charge >= 0.3 is 0 Å². The minimum Gasteiger partial charge on any atom is -0.338 e. The van der Waals surface area contributed by atoms with E-state index >= 15 is 0 Å². The van der Waals surface area contributed by atoms with Crippen LogP contribution in [0.3, 0.4) is 0 Å². The standard InChI is InChI=1S/C11H17N3O/c1-12-6-10-13-11(14-15-10)9-5-7-2-3-8(9)4-7/h7-9,12H,2-6H2,1H3. The van der Waals surface area contributed by atoms with E-state index in [9.17, 15) is 0 Å². The molecule has 1 N–H and O–H groups in total. The molecule has 1 heterocycles. The molecule has 2 fully saturated rings. The Kier molecular flexibility index (Phi) is 2.24. The third-order valence-corrected chi connectivity index (χ3v) is 3.88. The van der Waals surface area contributed by atoms with E-state index in [1.165, 1.54) is 25.7 Å². The Labute approximate surface area is 89.4 Å². The molecule has 0 aliphatic heterocycles. The van der Waals surface area contributed by atoms with Crippen molar-refractivity contribution in [1.82, 2.24) is 15.5 Å². The van der Waals surface area contributed by atoms with Crippen LogP contribution in [-0.4, -0.2) is 17.2 Å². The highest BCUT2D eigenvalue weighted by Crippen LogP contribution is 2.52. The zero-order valence-corrected chi connectivity index (χ0v) is 9.07. The lowest BCUT2D eigenvalue weighted by Crippen LogP contribution is -2.10. The summed E-state index contributed by atoms with van der Waals surface area (Å²) in [5.74, 6) is 4.02. The quantitative estimate of drug-likeness (QED) is 0.819. The number of nitrogens with zero attached hydrogens (tertiary/aromatic N) is 2. The molecule has 4 nitrogen and oxygen atoms in total. The number of aromatic nitrogens is 2. The molecule has 82 valence electrons. The first-order valence-electron chi connectivity index (χ1n) is 5.84. The van der Waals surface area contributed by atoms with Gasteiger partial charge in [-0.3, -0.25) is 0 Å². The summed E-state index contributed by atoms with van der Waals surface area (Å²) in [5.41, 5.74) is 0. The van der Waals surface area contributed by atoms with Crippen molar-refractivity contribution in [1.29, 1.82) is 0 Å². The van der Waals surface area contributed by atoms with Crippen LogP contribution in [0.25, 0.3) is 0 Å². The average molecular weight is 207 g/mol. The first kappa shape index (κ1) is 9.33. The van der Waals surface area contributed by atoms with Crippen molar-refractivity contribution in [2.45, 2.75) is 38.1 Å². The minimum absolute atomic E-state index is 0.582. The van der Waals surface area contributed by atoms with Gasteiger partial charge in [0, 0.05) is 5.92 Å². The molecule has 2 bridgehead atoms. The molecule has 15 heavy (non-hydrogen) atoms. The summed E-state index contributed by atoms with van der Waals surface area (Å²) < 4.78 is 5.20. The third kappa shape index (κ3) is 1.57. The number of hydrogen-bond donors (Lipinski definition) is 1. The van der Waals surface area contributed by atoms with Gasteiger partial charge in [0.1, 0.15) is 0 Å². The molecule has 3 rings (SSSR count). The zero-order chi connectivity index (χ0) is 10.3. The summed E-state index contributed by atoms with van der Waals surface area (Å²) in [6, 6.07) is 0. The SMILES string of the molecule is CNCc1nc(C2CC3CCC2C3)no1. The van der Waals surface area contributed by atoms with E-state index in [1.807, 2.05) is 7.05 Å². The van der Waals surface area contributed by atoms with Crippen LogP contribution < -0.4 is 5.32 Å². The van der Waals surface area contributed by atoms with E-state index in [0.717, 1.165) is 23.6 Å². The van der Waals surface area contributed by atoms with Crippen molar-refractivity contribution in [3.63, 3.8) is 0 Å². The van der Waals surface area contributed by atoms with Crippen LogP contribution in [-0.2, 0) is 6.54 Å². The van der Waals surface area contributed by atoms with Gasteiger partial charge in [0.05, 0.1) is 6.54 Å². The van der Waals surface area contributed by atoms with Gasteiger partial charge in [0.15, 0.2) is 5.82 Å². The first-order chi connectivity index (χ1) is 7.36. The van der Waals surface area contributed by atoms with Crippen LogP contribution in [0.4, 0.5) is 0 Å². The molecule has 2 aliphatic carbocycles. The van der Waals surface area contributed by atoms with Crippen LogP contribution >= 0.6 is 0 Å². The van der Waals surface area contributed by atoms with Gasteiger partial charge in [-0.15, -0.1) is 0 Å². The molecule has 2 aliphatic rings. The molecule has 0 spiro atoms. The predicted octanol–water partition coefficient (Wildman–Crippen LogP) is 1.69. The molecule has 0 aromatic carbocycles. The Bertz CT molecular complexity index is 349. The highest BCUT2D eigenvalue weighted by molar-refractivity contribution is 5.06. The van der Waals surface area contributed by atoms with Crippen LogP contribution in [0, 0.1) is 11.8 Å². The minimum atomic E-state index is 0.582. The molecule has 0 amide bonds. The molecule has 3 unspecified atom stereocenters. The van der Waals surface area contributed by atoms with Crippen molar-refractivity contribution in [2.24, 2.45) is 11.8 Å². The van der Waals surface area contributed by atoms with E-state index in [1.54, 1.807) is 0 Å². The Morgan fingerprint density at radius 1 is 1.40 bits per heavy atom. The lowest BCUT2D eigenvalue weighted by molar-refractivity contribution is 0.348. The zero-order valence-electron chi connectivity index (χ0n) is 9.07. The molecule has 0 saturated heterocycles. The Morgan fingerprint density at radius 3 is 3.00 bits per heavy atom. The van der Waals surface area contributed by atoms with E-state index in [0.29, 0.717) is 12.5 Å². The summed E-state index contributed by atoms with van der Waals surface area (Å²) in [7, 11) is 1.89. The summed E-state index contributed by atoms with van der Waals surface area (Å²) >= 11 is 0. The second-order valence-corrected chi connectivity index (χ2v) is 4.86. The van der Waals surface area contributed by atoms with E-state index in [-0.39, 0.29) is 0 Å². The second kappa shape index (κ2) is 3.59. The Balaban J connectivity index is 1.75. The maximum atomic E-state index is 5.20. The first-order valence-corrected chi connectivity index (χ1v) is 5.84. The fraction of sp³-hybridized carbons (Fsp3) is 0.818. The monoisotopic (exact) mass is 207 g/mol. The normalized spacial score (nSPS) is 33.8. The third-order valence-electron chi connectivity index (χ3n) is 3.88. The fourth-order valence-electron chi connectivity index (χ4n) is 3.20. The van der Waals surface area contributed by atoms with Gasteiger partial charge in [-0.25, -0.2) is 0 Å². The van der Waals surface area contributed by atoms with E-state index in [2.05, 4.69) is 15.5 Å². The molecule has 4 heteroatoms. The van der Waals surface area contributed by atoms with Crippen LogP contribution in [0.2, 0.25) is 0 Å². The van der Waals surface area contributed by atoms with E-state index < -0.39 is 0 Å². The van der Waals surface area contributed by atoms with Gasteiger partial charge in [-0.2, -0.15) is 4.98 Å². The smallest absolute Gasteiger partial charge is 0.240 e. The van der Waals surface area contributed by atoms with Crippen molar-refractivity contribution >= 4 is 0 Å². The highest BCUT2D eigenvalue weighted by Gasteiger charge is 2.42. The second-order valence-electron chi connectivity index (χ2n) is 4.86. The van der Waals surface area contributed by atoms with Crippen molar-refractivity contribution < 1.29 is 4.52 Å². The molecule has 3 atom stereocenters. The maximum absolute atomic E-state index is 5.20. The Hall–Kier alpha value is -0.900. The average Bonchev–Trinajstić information content (AvgIpc) is 2.91. The fourth-order valence-corrected chi connectivity index (χ4v) is 3.20. The maximum Gasteiger partial charge on any atom is 0.240 e. The summed E-state index contributed by atoms with van der Waals surface area (Å²) in [4.78, 5) is 4.46. The molecule has 1 aromatic heterocycles. The number of hydrogen-bond acceptors (Lipinski definition) is 4.